The number of hydrogen-bond donors (Lipinski definition) is 1. The van der Waals surface area contributed by atoms with Gasteiger partial charge in [0.25, 0.3) is 0 Å². The van der Waals surface area contributed by atoms with Gasteiger partial charge in [-0.25, -0.2) is 18.9 Å². The zero-order chi connectivity index (χ0) is 35.9. The summed E-state index contributed by atoms with van der Waals surface area (Å²) in [6.07, 6.45) is 3.59. The van der Waals surface area contributed by atoms with Crippen LogP contribution in [0.2, 0.25) is 0 Å². The lowest BCUT2D eigenvalue weighted by atomic mass is 9.84. The number of likely N-dealkylation sites (tertiary alicyclic amines) is 1. The topological polar surface area (TPSA) is 114 Å². The Balaban J connectivity index is 1.25. The summed E-state index contributed by atoms with van der Waals surface area (Å²) in [6, 6.07) is 3.75. The molecule has 5 aromatic rings. The number of hydrogen-bond acceptors (Lipinski definition) is 6. The number of carbonyl (C=O) groups excluding carboxylic acids is 3. The summed E-state index contributed by atoms with van der Waals surface area (Å²) in [5, 5.41) is 7.32. The fourth-order valence-corrected chi connectivity index (χ4v) is 7.08. The molecule has 0 unspecified atom stereocenters. The van der Waals surface area contributed by atoms with Crippen molar-refractivity contribution in [2.75, 3.05) is 5.32 Å². The van der Waals surface area contributed by atoms with Crippen molar-refractivity contribution in [2.45, 2.75) is 65.8 Å². The summed E-state index contributed by atoms with van der Waals surface area (Å²) in [4.78, 5) is 50.3. The Morgan fingerprint density at radius 1 is 1.12 bits per heavy atom. The minimum atomic E-state index is -4.72. The SMILES string of the molecule is CC(=O)c1cn(CC(=O)N2[C@H](C(=O)Nc3nc(C(F)(F)F)ccc3C)C[C@@]3(C)C=C=C[C@@H]23)c2c(C)c(F)c(-c3cnc4cc(C)nn4c3)cc12. The average molecular weight is 686 g/mol. The van der Waals surface area contributed by atoms with Crippen molar-refractivity contribution >= 4 is 40.0 Å². The van der Waals surface area contributed by atoms with Gasteiger partial charge in [0.15, 0.2) is 11.4 Å². The van der Waals surface area contributed by atoms with Gasteiger partial charge in [-0.2, -0.15) is 18.3 Å². The van der Waals surface area contributed by atoms with E-state index in [1.54, 1.807) is 41.9 Å². The molecule has 10 nitrogen and oxygen atoms in total. The fraction of sp³-hybridized carbons (Fsp3) is 0.306. The molecule has 1 saturated heterocycles. The van der Waals surface area contributed by atoms with Crippen LogP contribution in [-0.4, -0.2) is 58.7 Å². The molecule has 1 aliphatic heterocycles. The summed E-state index contributed by atoms with van der Waals surface area (Å²) in [5.41, 5.74) is 4.31. The predicted molar refractivity (Wildman–Crippen MR) is 176 cm³/mol. The normalized spacial score (nSPS) is 19.9. The van der Waals surface area contributed by atoms with Gasteiger partial charge in [-0.05, 0) is 64.0 Å². The number of anilines is 1. The first kappa shape index (κ1) is 32.9. The highest BCUT2D eigenvalue weighted by Gasteiger charge is 2.53. The smallest absolute Gasteiger partial charge is 0.337 e. The predicted octanol–water partition coefficient (Wildman–Crippen LogP) is 6.37. The number of nitrogens with zero attached hydrogens (tertiary/aromatic N) is 6. The van der Waals surface area contributed by atoms with Crippen LogP contribution < -0.4 is 5.32 Å². The number of pyridine rings is 1. The number of halogens is 4. The van der Waals surface area contributed by atoms with Crippen LogP contribution in [-0.2, 0) is 22.3 Å². The molecular weight excluding hydrogens is 654 g/mol. The first-order valence-electron chi connectivity index (χ1n) is 15.8. The quantitative estimate of drug-likeness (QED) is 0.126. The van der Waals surface area contributed by atoms with Crippen LogP contribution in [0.5, 0.6) is 0 Å². The third kappa shape index (κ3) is 5.36. The lowest BCUT2D eigenvalue weighted by molar-refractivity contribution is -0.141. The van der Waals surface area contributed by atoms with E-state index in [0.717, 1.165) is 11.8 Å². The van der Waals surface area contributed by atoms with Crippen molar-refractivity contribution in [3.05, 3.63) is 94.6 Å². The van der Waals surface area contributed by atoms with Gasteiger partial charge in [0.05, 0.1) is 17.3 Å². The first-order chi connectivity index (χ1) is 23.6. The van der Waals surface area contributed by atoms with Gasteiger partial charge in [0.2, 0.25) is 11.8 Å². The van der Waals surface area contributed by atoms with Crippen LogP contribution in [0.4, 0.5) is 23.4 Å². The van der Waals surface area contributed by atoms with Gasteiger partial charge < -0.3 is 14.8 Å². The lowest BCUT2D eigenvalue weighted by Gasteiger charge is -2.30. The van der Waals surface area contributed by atoms with E-state index >= 15 is 4.39 Å². The van der Waals surface area contributed by atoms with Crippen LogP contribution in [0.3, 0.4) is 0 Å². The van der Waals surface area contributed by atoms with Crippen molar-refractivity contribution in [3.8, 4) is 11.1 Å². The number of rotatable bonds is 6. The minimum Gasteiger partial charge on any atom is -0.337 e. The van der Waals surface area contributed by atoms with Crippen LogP contribution in [0, 0.1) is 32.0 Å². The third-order valence-electron chi connectivity index (χ3n) is 9.59. The van der Waals surface area contributed by atoms with Crippen molar-refractivity contribution in [3.63, 3.8) is 0 Å². The van der Waals surface area contributed by atoms with E-state index in [0.29, 0.717) is 27.7 Å². The number of alkyl halides is 3. The molecule has 2 amide bonds. The number of carbonyl (C=O) groups is 3. The Labute approximate surface area is 283 Å². The minimum absolute atomic E-state index is 0.174. The largest absolute Gasteiger partial charge is 0.433 e. The Morgan fingerprint density at radius 3 is 2.60 bits per heavy atom. The van der Waals surface area contributed by atoms with E-state index < -0.39 is 47.0 Å². The first-order valence-corrected chi connectivity index (χ1v) is 15.8. The Hall–Kier alpha value is -5.62. The molecule has 14 heteroatoms. The van der Waals surface area contributed by atoms with Gasteiger partial charge in [0, 0.05) is 57.7 Å². The molecule has 0 spiro atoms. The van der Waals surface area contributed by atoms with E-state index in [4.69, 9.17) is 0 Å². The van der Waals surface area contributed by atoms with E-state index in [-0.39, 0.29) is 41.3 Å². The number of aromatic nitrogens is 5. The zero-order valence-corrected chi connectivity index (χ0v) is 27.7. The summed E-state index contributed by atoms with van der Waals surface area (Å²) in [7, 11) is 0. The second-order valence-corrected chi connectivity index (χ2v) is 13.2. The molecule has 5 heterocycles. The van der Waals surface area contributed by atoms with E-state index in [1.807, 2.05) is 13.8 Å². The standard InChI is InChI=1S/C36H31F4N7O3/c1-18-8-9-27(36(38,39)40)42-33(18)43-34(50)26-13-35(5)10-6-7-28(35)47(26)30(49)17-45-16-25(21(4)48)24-12-23(31(37)20(3)32(24)45)22-14-41-29-11-19(2)44-46(29)15-22/h7-12,14-16,26,28H,13,17H2,1-5H3,(H,42,43,50)/t26-,28+,35+/m0/s1. The molecule has 1 aromatic carbocycles. The molecule has 1 N–H and O–H groups in total. The Kier molecular flexibility index (Phi) is 7.56. The number of ketones is 1. The third-order valence-corrected chi connectivity index (χ3v) is 9.59. The molecule has 7 rings (SSSR count). The number of benzene rings is 1. The second-order valence-electron chi connectivity index (χ2n) is 13.2. The summed E-state index contributed by atoms with van der Waals surface area (Å²) >= 11 is 0. The monoisotopic (exact) mass is 685 g/mol. The Bertz CT molecular complexity index is 2350. The van der Waals surface area contributed by atoms with Crippen molar-refractivity contribution in [2.24, 2.45) is 5.41 Å². The molecule has 1 aliphatic carbocycles. The molecule has 0 saturated carbocycles. The van der Waals surface area contributed by atoms with Gasteiger partial charge in [-0.1, -0.05) is 13.0 Å². The van der Waals surface area contributed by atoms with Crippen LogP contribution in [0.25, 0.3) is 27.7 Å². The highest BCUT2D eigenvalue weighted by Crippen LogP contribution is 2.45. The molecule has 0 bridgehead atoms. The van der Waals surface area contributed by atoms with Crippen molar-refractivity contribution < 1.29 is 31.9 Å². The van der Waals surface area contributed by atoms with Crippen molar-refractivity contribution in [1.29, 1.82) is 0 Å². The highest BCUT2D eigenvalue weighted by atomic mass is 19.4. The molecule has 50 heavy (non-hydrogen) atoms. The molecule has 1 fully saturated rings. The van der Waals surface area contributed by atoms with Gasteiger partial charge in [-0.3, -0.25) is 14.4 Å². The molecule has 4 aromatic heterocycles. The molecule has 0 radical (unpaired) electrons. The molecular formula is C36H31F4N7O3. The number of fused-ring (bicyclic) bond motifs is 3. The summed E-state index contributed by atoms with van der Waals surface area (Å²) < 4.78 is 59.5. The van der Waals surface area contributed by atoms with Crippen LogP contribution >= 0.6 is 0 Å². The van der Waals surface area contributed by atoms with E-state index in [1.165, 1.54) is 41.8 Å². The molecule has 3 atom stereocenters. The maximum atomic E-state index is 16.2. The number of Topliss-reactive ketones (excluding diaryl/α,β-unsaturated/α-hetero) is 1. The molecule has 256 valence electrons. The van der Waals surface area contributed by atoms with Crippen LogP contribution in [0.15, 0.2) is 60.7 Å². The van der Waals surface area contributed by atoms with Gasteiger partial charge in [-0.15, -0.1) is 5.73 Å². The maximum Gasteiger partial charge on any atom is 0.433 e. The summed E-state index contributed by atoms with van der Waals surface area (Å²) in [5.74, 6) is -2.33. The second kappa shape index (κ2) is 11.5. The zero-order valence-electron chi connectivity index (χ0n) is 27.7. The Morgan fingerprint density at radius 2 is 1.88 bits per heavy atom. The lowest BCUT2D eigenvalue weighted by Crippen LogP contribution is -2.48. The average Bonchev–Trinajstić information content (AvgIpc) is 3.78. The summed E-state index contributed by atoms with van der Waals surface area (Å²) in [6.45, 7) is 7.80. The molecule has 2 aliphatic rings. The van der Waals surface area contributed by atoms with Gasteiger partial charge in [0.1, 0.15) is 29.9 Å². The van der Waals surface area contributed by atoms with Gasteiger partial charge >= 0.3 is 6.18 Å². The van der Waals surface area contributed by atoms with Crippen molar-refractivity contribution in [1.82, 2.24) is 29.0 Å². The maximum absolute atomic E-state index is 16.2. The number of nitrogens with one attached hydrogen (secondary N) is 1. The highest BCUT2D eigenvalue weighted by molar-refractivity contribution is 6.09. The van der Waals surface area contributed by atoms with Crippen LogP contribution in [0.1, 0.15) is 53.1 Å². The van der Waals surface area contributed by atoms with E-state index in [2.05, 4.69) is 26.1 Å². The van der Waals surface area contributed by atoms with E-state index in [9.17, 15) is 27.6 Å². The fourth-order valence-electron chi connectivity index (χ4n) is 7.08. The number of amides is 2. The number of aryl methyl sites for hydroxylation is 3.